The predicted octanol–water partition coefficient (Wildman–Crippen LogP) is 1.59. The van der Waals surface area contributed by atoms with Gasteiger partial charge in [-0.1, -0.05) is 0 Å². The molecule has 2 rings (SSSR count). The molecule has 0 saturated carbocycles. The normalized spacial score (nSPS) is 14.5. The van der Waals surface area contributed by atoms with E-state index in [0.717, 1.165) is 12.8 Å². The van der Waals surface area contributed by atoms with Crippen LogP contribution in [-0.2, 0) is 4.79 Å². The van der Waals surface area contributed by atoms with E-state index < -0.39 is 0 Å². The molecule has 1 aromatic carbocycles. The van der Waals surface area contributed by atoms with Crippen molar-refractivity contribution in [2.45, 2.75) is 19.3 Å². The van der Waals surface area contributed by atoms with E-state index >= 15 is 0 Å². The standard InChI is InChI=1S/C18H23N3O4/c1-24-15-9-14(10-16(11-15)25-2)18(23)20-12-13-4-7-21(8-5-13)17(22)3-6-19/h9-11,13H,3-5,7-8,12H2,1-2H3,(H,20,23). The summed E-state index contributed by atoms with van der Waals surface area (Å²) in [4.78, 5) is 25.8. The van der Waals surface area contributed by atoms with E-state index in [1.165, 1.54) is 14.2 Å². The second-order valence-electron chi connectivity index (χ2n) is 5.97. The first-order chi connectivity index (χ1) is 12.1. The van der Waals surface area contributed by atoms with Gasteiger partial charge in [0.15, 0.2) is 0 Å². The van der Waals surface area contributed by atoms with E-state index in [0.29, 0.717) is 42.6 Å². The Morgan fingerprint density at radius 1 is 1.20 bits per heavy atom. The van der Waals surface area contributed by atoms with Crippen LogP contribution >= 0.6 is 0 Å². The summed E-state index contributed by atoms with van der Waals surface area (Å²) < 4.78 is 10.4. The summed E-state index contributed by atoms with van der Waals surface area (Å²) in [6.07, 6.45) is 1.57. The van der Waals surface area contributed by atoms with Gasteiger partial charge in [-0.3, -0.25) is 9.59 Å². The van der Waals surface area contributed by atoms with Crippen LogP contribution in [-0.4, -0.2) is 50.6 Å². The van der Waals surface area contributed by atoms with Crippen LogP contribution in [0.5, 0.6) is 11.5 Å². The van der Waals surface area contributed by atoms with Gasteiger partial charge in [0.05, 0.1) is 20.3 Å². The van der Waals surface area contributed by atoms with Crippen molar-refractivity contribution in [2.24, 2.45) is 5.92 Å². The third kappa shape index (κ3) is 5.11. The molecule has 1 aliphatic heterocycles. The number of amides is 2. The summed E-state index contributed by atoms with van der Waals surface area (Å²) in [6.45, 7) is 1.82. The van der Waals surface area contributed by atoms with Crippen molar-refractivity contribution in [3.63, 3.8) is 0 Å². The number of benzene rings is 1. The fraction of sp³-hybridized carbons (Fsp3) is 0.500. The van der Waals surface area contributed by atoms with Crippen molar-refractivity contribution in [3.05, 3.63) is 23.8 Å². The number of ether oxygens (including phenoxy) is 2. The summed E-state index contributed by atoms with van der Waals surface area (Å²) in [5.41, 5.74) is 0.484. The molecule has 1 aromatic rings. The maximum Gasteiger partial charge on any atom is 0.251 e. The van der Waals surface area contributed by atoms with E-state index in [9.17, 15) is 9.59 Å². The molecule has 134 valence electrons. The minimum Gasteiger partial charge on any atom is -0.497 e. The van der Waals surface area contributed by atoms with E-state index in [1.807, 2.05) is 6.07 Å². The first kappa shape index (κ1) is 18.6. The number of carbonyl (C=O) groups is 2. The molecule has 0 atom stereocenters. The smallest absolute Gasteiger partial charge is 0.251 e. The lowest BCUT2D eigenvalue weighted by atomic mass is 9.96. The highest BCUT2D eigenvalue weighted by molar-refractivity contribution is 5.95. The van der Waals surface area contributed by atoms with Gasteiger partial charge >= 0.3 is 0 Å². The zero-order chi connectivity index (χ0) is 18.2. The fourth-order valence-electron chi connectivity index (χ4n) is 2.84. The number of nitrogens with zero attached hydrogens (tertiary/aromatic N) is 2. The van der Waals surface area contributed by atoms with E-state index in [-0.39, 0.29) is 18.2 Å². The molecule has 1 fully saturated rings. The van der Waals surface area contributed by atoms with Gasteiger partial charge in [-0.25, -0.2) is 0 Å². The van der Waals surface area contributed by atoms with Crippen molar-refractivity contribution >= 4 is 11.8 Å². The number of rotatable bonds is 6. The molecule has 0 unspecified atom stereocenters. The van der Waals surface area contributed by atoms with E-state index in [4.69, 9.17) is 14.7 Å². The number of hydrogen-bond acceptors (Lipinski definition) is 5. The molecule has 7 nitrogen and oxygen atoms in total. The lowest BCUT2D eigenvalue weighted by molar-refractivity contribution is -0.131. The van der Waals surface area contributed by atoms with Crippen LogP contribution in [0, 0.1) is 17.2 Å². The number of nitrogens with one attached hydrogen (secondary N) is 1. The Hall–Kier alpha value is -2.75. The molecular formula is C18H23N3O4. The Balaban J connectivity index is 1.85. The Bertz CT molecular complexity index is 639. The minimum atomic E-state index is -0.180. The lowest BCUT2D eigenvalue weighted by Gasteiger charge is -2.31. The van der Waals surface area contributed by atoms with Gasteiger partial charge in [0.2, 0.25) is 5.91 Å². The van der Waals surface area contributed by atoms with Gasteiger partial charge in [-0.05, 0) is 30.9 Å². The maximum absolute atomic E-state index is 12.4. The zero-order valence-corrected chi connectivity index (χ0v) is 14.6. The van der Waals surface area contributed by atoms with E-state index in [2.05, 4.69) is 5.32 Å². The molecule has 1 N–H and O–H groups in total. The van der Waals surface area contributed by atoms with Crippen LogP contribution in [0.25, 0.3) is 0 Å². The Morgan fingerprint density at radius 3 is 2.32 bits per heavy atom. The monoisotopic (exact) mass is 345 g/mol. The first-order valence-electron chi connectivity index (χ1n) is 8.23. The number of nitriles is 1. The molecule has 0 spiro atoms. The van der Waals surface area contributed by atoms with E-state index in [1.54, 1.807) is 23.1 Å². The highest BCUT2D eigenvalue weighted by Crippen LogP contribution is 2.23. The third-order valence-electron chi connectivity index (χ3n) is 4.36. The minimum absolute atomic E-state index is 0.0704. The fourth-order valence-corrected chi connectivity index (χ4v) is 2.84. The second-order valence-corrected chi connectivity index (χ2v) is 5.97. The molecule has 2 amide bonds. The van der Waals surface area contributed by atoms with Crippen LogP contribution in [0.15, 0.2) is 18.2 Å². The molecular weight excluding hydrogens is 322 g/mol. The molecule has 0 radical (unpaired) electrons. The van der Waals surface area contributed by atoms with Gasteiger partial charge in [0, 0.05) is 31.3 Å². The maximum atomic E-state index is 12.4. The van der Waals surface area contributed by atoms with Gasteiger partial charge in [-0.2, -0.15) is 5.26 Å². The predicted molar refractivity (Wildman–Crippen MR) is 91.4 cm³/mol. The molecule has 25 heavy (non-hydrogen) atoms. The summed E-state index contributed by atoms with van der Waals surface area (Å²) in [6, 6.07) is 6.93. The zero-order valence-electron chi connectivity index (χ0n) is 14.6. The summed E-state index contributed by atoms with van der Waals surface area (Å²) >= 11 is 0. The van der Waals surface area contributed by atoms with Crippen LogP contribution in [0.2, 0.25) is 0 Å². The number of methoxy groups -OCH3 is 2. The average molecular weight is 345 g/mol. The molecule has 1 saturated heterocycles. The number of likely N-dealkylation sites (tertiary alicyclic amines) is 1. The van der Waals surface area contributed by atoms with Crippen molar-refractivity contribution in [2.75, 3.05) is 33.9 Å². The van der Waals surface area contributed by atoms with Gasteiger partial charge in [-0.15, -0.1) is 0 Å². The highest BCUT2D eigenvalue weighted by atomic mass is 16.5. The largest absolute Gasteiger partial charge is 0.497 e. The molecule has 1 aliphatic rings. The van der Waals surface area contributed by atoms with Crippen LogP contribution in [0.3, 0.4) is 0 Å². The SMILES string of the molecule is COc1cc(OC)cc(C(=O)NCC2CCN(C(=O)CC#N)CC2)c1. The van der Waals surface area contributed by atoms with Crippen LogP contribution in [0.1, 0.15) is 29.6 Å². The average Bonchev–Trinajstić information content (AvgIpc) is 2.66. The van der Waals surface area contributed by atoms with Crippen molar-refractivity contribution in [1.82, 2.24) is 10.2 Å². The molecule has 0 aromatic heterocycles. The molecule has 0 bridgehead atoms. The van der Waals surface area contributed by atoms with Crippen molar-refractivity contribution in [3.8, 4) is 17.6 Å². The van der Waals surface area contributed by atoms with Gasteiger partial charge in [0.25, 0.3) is 5.91 Å². The van der Waals surface area contributed by atoms with Crippen LogP contribution in [0.4, 0.5) is 0 Å². The van der Waals surface area contributed by atoms with Crippen molar-refractivity contribution < 1.29 is 19.1 Å². The van der Waals surface area contributed by atoms with Gasteiger partial charge in [0.1, 0.15) is 17.9 Å². The third-order valence-corrected chi connectivity index (χ3v) is 4.36. The highest BCUT2D eigenvalue weighted by Gasteiger charge is 2.23. The number of piperidine rings is 1. The summed E-state index contributed by atoms with van der Waals surface area (Å²) in [7, 11) is 3.08. The summed E-state index contributed by atoms with van der Waals surface area (Å²) in [5, 5.41) is 11.5. The first-order valence-corrected chi connectivity index (χ1v) is 8.23. The quantitative estimate of drug-likeness (QED) is 0.845. The Kier molecular flexibility index (Phi) is 6.63. The lowest BCUT2D eigenvalue weighted by Crippen LogP contribution is -2.41. The number of carbonyl (C=O) groups excluding carboxylic acids is 2. The number of hydrogen-bond donors (Lipinski definition) is 1. The Labute approximate surface area is 147 Å². The topological polar surface area (TPSA) is 91.7 Å². The van der Waals surface area contributed by atoms with Gasteiger partial charge < -0.3 is 19.7 Å². The molecule has 0 aliphatic carbocycles. The molecule has 1 heterocycles. The van der Waals surface area contributed by atoms with Crippen LogP contribution < -0.4 is 14.8 Å². The Morgan fingerprint density at radius 2 is 1.80 bits per heavy atom. The van der Waals surface area contributed by atoms with Crippen molar-refractivity contribution in [1.29, 1.82) is 5.26 Å². The second kappa shape index (κ2) is 8.92. The summed E-state index contributed by atoms with van der Waals surface area (Å²) in [5.74, 6) is 1.15. The molecule has 7 heteroatoms.